The molecule has 50 valence electrons. The Kier molecular flexibility index (Phi) is 1.05. The van der Waals surface area contributed by atoms with Crippen LogP contribution in [0.4, 0.5) is 0 Å². The molecule has 0 bridgehead atoms. The molecule has 1 heterocycles. The van der Waals surface area contributed by atoms with Crippen LogP contribution in [0.25, 0.3) is 0 Å². The molecule has 0 spiro atoms. The van der Waals surface area contributed by atoms with Crippen molar-refractivity contribution in [1.82, 2.24) is 14.3 Å². The molecule has 0 aliphatic heterocycles. The summed E-state index contributed by atoms with van der Waals surface area (Å²) in [6, 6.07) is -0.512. The first-order valence-corrected chi connectivity index (χ1v) is 2.40. The smallest absolute Gasteiger partial charge is 0.344 e. The Balaban J connectivity index is 3.48. The molecule has 0 unspecified atom stereocenters. The van der Waals surface area contributed by atoms with Gasteiger partial charge < -0.3 is 5.11 Å². The van der Waals surface area contributed by atoms with Crippen molar-refractivity contribution in [2.45, 2.75) is 0 Å². The van der Waals surface area contributed by atoms with Crippen molar-refractivity contribution in [3.8, 4) is 6.01 Å². The molecule has 0 aromatic carbocycles. The lowest BCUT2D eigenvalue weighted by atomic mass is 11.0. The summed E-state index contributed by atoms with van der Waals surface area (Å²) in [5.41, 5.74) is -0.389. The van der Waals surface area contributed by atoms with Crippen molar-refractivity contribution in [3.63, 3.8) is 0 Å². The topological polar surface area (TPSA) is 62.9 Å². The molecule has 0 amide bonds. The lowest BCUT2D eigenvalue weighted by molar-refractivity contribution is -0.285. The largest absolute Gasteiger partial charge is 0.844 e. The van der Waals surface area contributed by atoms with Crippen LogP contribution in [0.5, 0.6) is 6.01 Å². The van der Waals surface area contributed by atoms with Crippen LogP contribution in [0.15, 0.2) is 4.79 Å². The highest BCUT2D eigenvalue weighted by Crippen LogP contribution is 1.86. The van der Waals surface area contributed by atoms with Crippen molar-refractivity contribution < 1.29 is 5.11 Å². The summed E-state index contributed by atoms with van der Waals surface area (Å²) < 4.78 is 1.95. The van der Waals surface area contributed by atoms with Gasteiger partial charge in [-0.3, -0.25) is 4.57 Å². The molecule has 0 N–H and O–H groups in total. The van der Waals surface area contributed by atoms with Crippen LogP contribution in [-0.4, -0.2) is 14.3 Å². The fraction of sp³-hybridized carbons (Fsp3) is 0.500. The number of aryl methyl sites for hydroxylation is 1. The molecular formula is C4H6N3O2-. The van der Waals surface area contributed by atoms with Gasteiger partial charge in [-0.05, 0) is 0 Å². The standard InChI is InChI=1S/C4H7N3O2/c1-6-3(8)5-7(2)4(6)9/h1-2H3,(H,5,8)/p-1. The third-order valence-electron chi connectivity index (χ3n) is 1.09. The fourth-order valence-electron chi connectivity index (χ4n) is 0.537. The zero-order chi connectivity index (χ0) is 7.02. The van der Waals surface area contributed by atoms with E-state index < -0.39 is 6.01 Å². The highest BCUT2D eigenvalue weighted by atomic mass is 16.3. The molecular weight excluding hydrogens is 122 g/mol. The van der Waals surface area contributed by atoms with Gasteiger partial charge in [-0.25, -0.2) is 9.48 Å². The van der Waals surface area contributed by atoms with Crippen molar-refractivity contribution in [3.05, 3.63) is 10.5 Å². The normalized spacial score (nSPS) is 10.0. The molecule has 9 heavy (non-hydrogen) atoms. The third kappa shape index (κ3) is 0.697. The van der Waals surface area contributed by atoms with Gasteiger partial charge in [-0.15, -0.1) is 0 Å². The van der Waals surface area contributed by atoms with Crippen LogP contribution < -0.4 is 10.8 Å². The van der Waals surface area contributed by atoms with E-state index in [1.807, 2.05) is 0 Å². The average Bonchev–Trinajstić information content (AvgIpc) is 1.98. The Bertz CT molecular complexity index is 272. The maximum Gasteiger partial charge on any atom is 0.344 e. The van der Waals surface area contributed by atoms with E-state index in [1.165, 1.54) is 14.1 Å². The Morgan fingerprint density at radius 3 is 2.22 bits per heavy atom. The molecule has 1 aromatic heterocycles. The summed E-state index contributed by atoms with van der Waals surface area (Å²) in [4.78, 5) is 10.7. The molecule has 0 fully saturated rings. The molecule has 0 saturated carbocycles. The highest BCUT2D eigenvalue weighted by Gasteiger charge is 1.95. The van der Waals surface area contributed by atoms with E-state index >= 15 is 0 Å². The number of aromatic nitrogens is 3. The second-order valence-electron chi connectivity index (χ2n) is 1.75. The van der Waals surface area contributed by atoms with Crippen molar-refractivity contribution >= 4 is 0 Å². The number of nitrogens with zero attached hydrogens (tertiary/aromatic N) is 3. The summed E-state index contributed by atoms with van der Waals surface area (Å²) in [5, 5.41) is 13.8. The van der Waals surface area contributed by atoms with E-state index in [9.17, 15) is 9.90 Å². The van der Waals surface area contributed by atoms with Crippen LogP contribution in [0, 0.1) is 0 Å². The molecule has 0 atom stereocenters. The summed E-state index contributed by atoms with van der Waals surface area (Å²) in [6.07, 6.45) is 0. The second kappa shape index (κ2) is 1.61. The predicted octanol–water partition coefficient (Wildman–Crippen LogP) is -1.81. The van der Waals surface area contributed by atoms with Gasteiger partial charge in [0.15, 0.2) is 0 Å². The maximum atomic E-state index is 10.7. The molecule has 0 saturated heterocycles. The van der Waals surface area contributed by atoms with Crippen LogP contribution >= 0.6 is 0 Å². The molecule has 5 nitrogen and oxygen atoms in total. The zero-order valence-electron chi connectivity index (χ0n) is 5.16. The van der Waals surface area contributed by atoms with E-state index in [-0.39, 0.29) is 5.69 Å². The van der Waals surface area contributed by atoms with Crippen LogP contribution in [0.3, 0.4) is 0 Å². The van der Waals surface area contributed by atoms with E-state index in [0.717, 1.165) is 9.25 Å². The summed E-state index contributed by atoms with van der Waals surface area (Å²) in [5.74, 6) is 0. The Hall–Kier alpha value is -1.26. The van der Waals surface area contributed by atoms with Crippen molar-refractivity contribution in [1.29, 1.82) is 0 Å². The molecule has 0 aliphatic carbocycles. The van der Waals surface area contributed by atoms with E-state index in [0.29, 0.717) is 0 Å². The monoisotopic (exact) mass is 128 g/mol. The van der Waals surface area contributed by atoms with Crippen LogP contribution in [-0.2, 0) is 14.1 Å². The Labute approximate surface area is 51.2 Å². The molecule has 0 aliphatic rings. The SMILES string of the molecule is Cn1nc([O-])n(C)c1=O. The number of hydrogen-bond donors (Lipinski definition) is 0. The van der Waals surface area contributed by atoms with Crippen LogP contribution in [0.1, 0.15) is 0 Å². The first kappa shape index (κ1) is 5.87. The van der Waals surface area contributed by atoms with Gasteiger partial charge in [0.2, 0.25) is 0 Å². The minimum absolute atomic E-state index is 0.389. The van der Waals surface area contributed by atoms with E-state index in [1.54, 1.807) is 0 Å². The van der Waals surface area contributed by atoms with E-state index in [4.69, 9.17) is 0 Å². The average molecular weight is 128 g/mol. The van der Waals surface area contributed by atoms with Gasteiger partial charge in [-0.2, -0.15) is 5.10 Å². The highest BCUT2D eigenvalue weighted by molar-refractivity contribution is 4.85. The van der Waals surface area contributed by atoms with E-state index in [2.05, 4.69) is 5.10 Å². The molecule has 0 radical (unpaired) electrons. The predicted molar refractivity (Wildman–Crippen MR) is 27.9 cm³/mol. The van der Waals surface area contributed by atoms with Gasteiger partial charge in [0.1, 0.15) is 0 Å². The zero-order valence-corrected chi connectivity index (χ0v) is 5.16. The summed E-state index contributed by atoms with van der Waals surface area (Å²) in [6.45, 7) is 0. The minimum atomic E-state index is -0.512. The summed E-state index contributed by atoms with van der Waals surface area (Å²) >= 11 is 0. The molecule has 1 aromatic rings. The van der Waals surface area contributed by atoms with Gasteiger partial charge in [0, 0.05) is 14.1 Å². The number of rotatable bonds is 0. The minimum Gasteiger partial charge on any atom is -0.844 e. The quantitative estimate of drug-likeness (QED) is 0.413. The first-order valence-electron chi connectivity index (χ1n) is 2.40. The van der Waals surface area contributed by atoms with Gasteiger partial charge in [0.05, 0.1) is 6.01 Å². The first-order chi connectivity index (χ1) is 4.13. The maximum absolute atomic E-state index is 10.7. The Morgan fingerprint density at radius 2 is 2.11 bits per heavy atom. The van der Waals surface area contributed by atoms with Gasteiger partial charge in [-0.1, -0.05) is 0 Å². The third-order valence-corrected chi connectivity index (χ3v) is 1.09. The molecule has 1 rings (SSSR count). The Morgan fingerprint density at radius 1 is 1.56 bits per heavy atom. The van der Waals surface area contributed by atoms with Gasteiger partial charge >= 0.3 is 5.69 Å². The second-order valence-corrected chi connectivity index (χ2v) is 1.75. The van der Waals surface area contributed by atoms with Crippen molar-refractivity contribution in [2.24, 2.45) is 14.1 Å². The number of hydrogen-bond acceptors (Lipinski definition) is 3. The lowest BCUT2D eigenvalue weighted by Crippen LogP contribution is -2.20. The van der Waals surface area contributed by atoms with Gasteiger partial charge in [0.25, 0.3) is 0 Å². The molecule has 5 heteroatoms. The van der Waals surface area contributed by atoms with Crippen molar-refractivity contribution in [2.75, 3.05) is 0 Å². The summed E-state index contributed by atoms with van der Waals surface area (Å²) in [7, 11) is 2.82. The van der Waals surface area contributed by atoms with Crippen LogP contribution in [0.2, 0.25) is 0 Å². The fourth-order valence-corrected chi connectivity index (χ4v) is 0.537. The lowest BCUT2D eigenvalue weighted by Gasteiger charge is -1.97.